The minimum Gasteiger partial charge on any atom is -0.378 e. The number of nitrogens with zero attached hydrogens (tertiary/aromatic N) is 2. The Kier molecular flexibility index (Phi) is 7.79. The van der Waals surface area contributed by atoms with Crippen molar-refractivity contribution in [1.82, 2.24) is 10.2 Å². The van der Waals surface area contributed by atoms with E-state index in [0.29, 0.717) is 6.54 Å². The number of anilines is 2. The van der Waals surface area contributed by atoms with E-state index in [1.165, 1.54) is 0 Å². The summed E-state index contributed by atoms with van der Waals surface area (Å²) in [4.78, 5) is 28.7. The van der Waals surface area contributed by atoms with Gasteiger partial charge in [0.2, 0.25) is 11.8 Å². The van der Waals surface area contributed by atoms with Crippen molar-refractivity contribution in [3.05, 3.63) is 59.2 Å². The van der Waals surface area contributed by atoms with Crippen LogP contribution >= 0.6 is 0 Å². The smallest absolute Gasteiger partial charge is 0.243 e. The van der Waals surface area contributed by atoms with Crippen LogP contribution in [0.3, 0.4) is 0 Å². The molecular formula is C23H32N4O2. The van der Waals surface area contributed by atoms with E-state index in [-0.39, 0.29) is 24.4 Å². The van der Waals surface area contributed by atoms with Crippen LogP contribution in [0.4, 0.5) is 11.4 Å². The van der Waals surface area contributed by atoms with Gasteiger partial charge < -0.3 is 15.5 Å². The van der Waals surface area contributed by atoms with Crippen LogP contribution < -0.4 is 15.5 Å². The Hall–Kier alpha value is -2.86. The van der Waals surface area contributed by atoms with E-state index in [9.17, 15) is 9.59 Å². The zero-order chi connectivity index (χ0) is 21.6. The SMILES string of the molecule is Cc1cccc(C)c1NC(=O)CNC(=O)[C@H](C)N(C)Cc1ccc(N(C)C)cc1. The van der Waals surface area contributed by atoms with Crippen LogP contribution in [0.1, 0.15) is 23.6 Å². The highest BCUT2D eigenvalue weighted by Crippen LogP contribution is 2.19. The molecule has 2 amide bonds. The summed E-state index contributed by atoms with van der Waals surface area (Å²) in [6, 6.07) is 13.7. The molecule has 0 saturated carbocycles. The number of hydrogen-bond donors (Lipinski definition) is 2. The van der Waals surface area contributed by atoms with Crippen molar-refractivity contribution >= 4 is 23.2 Å². The fraction of sp³-hybridized carbons (Fsp3) is 0.391. The lowest BCUT2D eigenvalue weighted by atomic mass is 10.1. The minimum absolute atomic E-state index is 0.0533. The van der Waals surface area contributed by atoms with Gasteiger partial charge in [0, 0.05) is 32.0 Å². The predicted octanol–water partition coefficient (Wildman–Crippen LogP) is 2.94. The summed E-state index contributed by atoms with van der Waals surface area (Å²) in [5.41, 5.74) is 5.07. The van der Waals surface area contributed by atoms with Crippen LogP contribution in [-0.4, -0.2) is 50.4 Å². The molecular weight excluding hydrogens is 364 g/mol. The van der Waals surface area contributed by atoms with E-state index in [0.717, 1.165) is 28.1 Å². The first-order valence-corrected chi connectivity index (χ1v) is 9.79. The summed E-state index contributed by atoms with van der Waals surface area (Å²) in [5.74, 6) is -0.404. The number of rotatable bonds is 8. The first kappa shape index (κ1) is 22.4. The maximum absolute atomic E-state index is 12.5. The molecule has 6 nitrogen and oxygen atoms in total. The van der Waals surface area contributed by atoms with Crippen molar-refractivity contribution in [3.8, 4) is 0 Å². The molecule has 0 unspecified atom stereocenters. The Labute approximate surface area is 173 Å². The number of para-hydroxylation sites is 1. The molecule has 0 radical (unpaired) electrons. The maximum atomic E-state index is 12.5. The zero-order valence-corrected chi connectivity index (χ0v) is 18.2. The monoisotopic (exact) mass is 396 g/mol. The van der Waals surface area contributed by atoms with Crippen molar-refractivity contribution in [2.45, 2.75) is 33.4 Å². The van der Waals surface area contributed by atoms with Gasteiger partial charge in [0.05, 0.1) is 12.6 Å². The van der Waals surface area contributed by atoms with Gasteiger partial charge in [-0.2, -0.15) is 0 Å². The van der Waals surface area contributed by atoms with Gasteiger partial charge >= 0.3 is 0 Å². The van der Waals surface area contributed by atoms with Crippen molar-refractivity contribution in [1.29, 1.82) is 0 Å². The number of nitrogens with one attached hydrogen (secondary N) is 2. The van der Waals surface area contributed by atoms with Crippen molar-refractivity contribution in [2.75, 3.05) is 37.9 Å². The van der Waals surface area contributed by atoms with Crippen LogP contribution in [-0.2, 0) is 16.1 Å². The molecule has 2 aromatic carbocycles. The summed E-state index contributed by atoms with van der Waals surface area (Å²) in [5, 5.41) is 5.62. The van der Waals surface area contributed by atoms with Gasteiger partial charge in [0.15, 0.2) is 0 Å². The third-order valence-electron chi connectivity index (χ3n) is 5.09. The predicted molar refractivity (Wildman–Crippen MR) is 119 cm³/mol. The molecule has 6 heteroatoms. The summed E-state index contributed by atoms with van der Waals surface area (Å²) < 4.78 is 0. The molecule has 2 N–H and O–H groups in total. The number of benzene rings is 2. The molecule has 2 rings (SSSR count). The molecule has 1 atom stereocenters. The second-order valence-electron chi connectivity index (χ2n) is 7.68. The topological polar surface area (TPSA) is 64.7 Å². The second-order valence-corrected chi connectivity index (χ2v) is 7.68. The number of hydrogen-bond acceptors (Lipinski definition) is 4. The largest absolute Gasteiger partial charge is 0.378 e. The molecule has 0 bridgehead atoms. The number of carbonyl (C=O) groups excluding carboxylic acids is 2. The van der Waals surface area contributed by atoms with E-state index in [1.807, 2.05) is 69.9 Å². The summed E-state index contributed by atoms with van der Waals surface area (Å²) in [7, 11) is 5.91. The Morgan fingerprint density at radius 3 is 2.10 bits per heavy atom. The number of aryl methyl sites for hydroxylation is 2. The van der Waals surface area contributed by atoms with Gasteiger partial charge in [-0.3, -0.25) is 14.5 Å². The highest BCUT2D eigenvalue weighted by Gasteiger charge is 2.19. The summed E-state index contributed by atoms with van der Waals surface area (Å²) >= 11 is 0. The Bertz CT molecular complexity index is 826. The first-order valence-electron chi connectivity index (χ1n) is 9.79. The third kappa shape index (κ3) is 6.32. The fourth-order valence-electron chi connectivity index (χ4n) is 3.03. The molecule has 0 saturated heterocycles. The lowest BCUT2D eigenvalue weighted by Gasteiger charge is -2.24. The van der Waals surface area contributed by atoms with Gasteiger partial charge in [-0.25, -0.2) is 0 Å². The number of amides is 2. The first-order chi connectivity index (χ1) is 13.7. The Morgan fingerprint density at radius 1 is 0.966 bits per heavy atom. The second kappa shape index (κ2) is 10.1. The van der Waals surface area contributed by atoms with Gasteiger partial charge in [0.25, 0.3) is 0 Å². The highest BCUT2D eigenvalue weighted by atomic mass is 16.2. The van der Waals surface area contributed by atoms with E-state index in [2.05, 4.69) is 34.9 Å². The average molecular weight is 397 g/mol. The third-order valence-corrected chi connectivity index (χ3v) is 5.09. The molecule has 0 aliphatic rings. The normalized spacial score (nSPS) is 11.8. The van der Waals surface area contributed by atoms with Crippen molar-refractivity contribution in [2.24, 2.45) is 0 Å². The summed E-state index contributed by atoms with van der Waals surface area (Å²) in [6.45, 7) is 6.33. The standard InChI is InChI=1S/C23H32N4O2/c1-16-8-7-9-17(2)22(16)25-21(28)14-24-23(29)18(3)27(6)15-19-10-12-20(13-11-19)26(4)5/h7-13,18H,14-15H2,1-6H3,(H,24,29)(H,25,28)/t18-/m0/s1. The molecule has 0 aliphatic carbocycles. The van der Waals surface area contributed by atoms with Gasteiger partial charge in [-0.15, -0.1) is 0 Å². The van der Waals surface area contributed by atoms with Gasteiger partial charge in [-0.05, 0) is 56.6 Å². The number of carbonyl (C=O) groups is 2. The van der Waals surface area contributed by atoms with Crippen LogP contribution in [0.5, 0.6) is 0 Å². The molecule has 0 heterocycles. The lowest BCUT2D eigenvalue weighted by Crippen LogP contribution is -2.45. The molecule has 0 spiro atoms. The van der Waals surface area contributed by atoms with E-state index < -0.39 is 0 Å². The van der Waals surface area contributed by atoms with Crippen molar-refractivity contribution in [3.63, 3.8) is 0 Å². The highest BCUT2D eigenvalue weighted by molar-refractivity contribution is 5.96. The Morgan fingerprint density at radius 2 is 1.55 bits per heavy atom. The van der Waals surface area contributed by atoms with Crippen LogP contribution in [0.25, 0.3) is 0 Å². The molecule has 156 valence electrons. The maximum Gasteiger partial charge on any atom is 0.243 e. The van der Waals surface area contributed by atoms with Crippen LogP contribution in [0.2, 0.25) is 0 Å². The van der Waals surface area contributed by atoms with E-state index in [4.69, 9.17) is 0 Å². The quantitative estimate of drug-likeness (QED) is 0.720. The van der Waals surface area contributed by atoms with Crippen molar-refractivity contribution < 1.29 is 9.59 Å². The number of likely N-dealkylation sites (N-methyl/N-ethyl adjacent to an activating group) is 1. The van der Waals surface area contributed by atoms with Gasteiger partial charge in [-0.1, -0.05) is 30.3 Å². The molecule has 0 aromatic heterocycles. The molecule has 2 aromatic rings. The lowest BCUT2D eigenvalue weighted by molar-refractivity contribution is -0.127. The van der Waals surface area contributed by atoms with Crippen LogP contribution in [0.15, 0.2) is 42.5 Å². The Balaban J connectivity index is 1.85. The van der Waals surface area contributed by atoms with E-state index in [1.54, 1.807) is 0 Å². The molecule has 29 heavy (non-hydrogen) atoms. The molecule has 0 aliphatic heterocycles. The fourth-order valence-corrected chi connectivity index (χ4v) is 3.03. The molecule has 0 fully saturated rings. The van der Waals surface area contributed by atoms with Gasteiger partial charge in [0.1, 0.15) is 0 Å². The average Bonchev–Trinajstić information content (AvgIpc) is 2.68. The van der Waals surface area contributed by atoms with Crippen LogP contribution in [0, 0.1) is 13.8 Å². The van der Waals surface area contributed by atoms with E-state index >= 15 is 0 Å². The minimum atomic E-state index is -0.350. The zero-order valence-electron chi connectivity index (χ0n) is 18.2. The summed E-state index contributed by atoms with van der Waals surface area (Å²) in [6.07, 6.45) is 0.